The summed E-state index contributed by atoms with van der Waals surface area (Å²) in [5, 5.41) is 7.13. The minimum Gasteiger partial charge on any atom is -0.366 e. The number of anilines is 1. The van der Waals surface area contributed by atoms with Crippen LogP contribution in [0.3, 0.4) is 0 Å². The lowest BCUT2D eigenvalue weighted by Crippen LogP contribution is -2.13. The highest BCUT2D eigenvalue weighted by atomic mass is 35.5. The van der Waals surface area contributed by atoms with Crippen LogP contribution in [0.2, 0.25) is 5.15 Å². The van der Waals surface area contributed by atoms with Gasteiger partial charge in [0.05, 0.1) is 12.1 Å². The molecule has 0 spiro atoms. The van der Waals surface area contributed by atoms with E-state index in [0.29, 0.717) is 11.4 Å². The lowest BCUT2D eigenvalue weighted by atomic mass is 10.0. The number of alkyl halides is 3. The van der Waals surface area contributed by atoms with Gasteiger partial charge in [0.2, 0.25) is 0 Å². The van der Waals surface area contributed by atoms with Gasteiger partial charge in [-0.2, -0.15) is 18.3 Å². The average molecular weight is 368 g/mol. The molecule has 0 saturated carbocycles. The van der Waals surface area contributed by atoms with Crippen LogP contribution in [0.4, 0.5) is 19.0 Å². The first-order valence-electron chi connectivity index (χ1n) is 7.29. The number of aromatic nitrogens is 4. The molecule has 2 aromatic heterocycles. The highest BCUT2D eigenvalue weighted by Gasteiger charge is 2.33. The third-order valence-electron chi connectivity index (χ3n) is 3.48. The number of hydrogen-bond donors (Lipinski definition) is 1. The molecule has 0 radical (unpaired) electrons. The van der Waals surface area contributed by atoms with E-state index < -0.39 is 11.7 Å². The van der Waals surface area contributed by atoms with Gasteiger partial charge < -0.3 is 5.32 Å². The van der Waals surface area contributed by atoms with Gasteiger partial charge in [0.15, 0.2) is 0 Å². The van der Waals surface area contributed by atoms with E-state index in [0.717, 1.165) is 6.07 Å². The van der Waals surface area contributed by atoms with Crippen molar-refractivity contribution in [3.63, 3.8) is 0 Å². The molecule has 0 saturated heterocycles. The van der Waals surface area contributed by atoms with Gasteiger partial charge in [-0.15, -0.1) is 0 Å². The Bertz CT molecular complexity index is 849. The molecule has 0 amide bonds. The molecule has 0 unspecified atom stereocenters. The van der Waals surface area contributed by atoms with E-state index in [4.69, 9.17) is 11.6 Å². The molecule has 130 valence electrons. The molecule has 3 rings (SSSR count). The van der Waals surface area contributed by atoms with Crippen LogP contribution in [0, 0.1) is 0 Å². The summed E-state index contributed by atoms with van der Waals surface area (Å²) in [5.41, 5.74) is -0.0423. The number of benzene rings is 1. The van der Waals surface area contributed by atoms with Crippen LogP contribution in [-0.4, -0.2) is 19.7 Å². The van der Waals surface area contributed by atoms with E-state index in [9.17, 15) is 13.2 Å². The van der Waals surface area contributed by atoms with Crippen molar-refractivity contribution in [2.45, 2.75) is 19.3 Å². The lowest BCUT2D eigenvalue weighted by molar-refractivity contribution is -0.138. The number of nitrogens with zero attached hydrogens (tertiary/aromatic N) is 4. The molecule has 25 heavy (non-hydrogen) atoms. The van der Waals surface area contributed by atoms with Crippen molar-refractivity contribution in [1.82, 2.24) is 19.7 Å². The number of rotatable bonds is 5. The Hall–Kier alpha value is -2.61. The monoisotopic (exact) mass is 367 g/mol. The fraction of sp³-hybridized carbons (Fsp3) is 0.188. The van der Waals surface area contributed by atoms with Gasteiger partial charge in [-0.1, -0.05) is 23.7 Å². The van der Waals surface area contributed by atoms with Gasteiger partial charge in [0.25, 0.3) is 0 Å². The molecule has 0 fully saturated rings. The normalized spacial score (nSPS) is 11.5. The molecule has 0 atom stereocenters. The molecular weight excluding hydrogens is 355 g/mol. The highest BCUT2D eigenvalue weighted by Crippen LogP contribution is 2.33. The minimum absolute atomic E-state index is 0.0526. The topological polar surface area (TPSA) is 55.6 Å². The van der Waals surface area contributed by atoms with Gasteiger partial charge in [-0.05, 0) is 23.3 Å². The molecule has 9 heteroatoms. The molecule has 0 aliphatic heterocycles. The summed E-state index contributed by atoms with van der Waals surface area (Å²) in [6.45, 7) is 0.232. The van der Waals surface area contributed by atoms with Crippen LogP contribution in [-0.2, 0) is 19.3 Å². The molecule has 1 aromatic carbocycles. The molecule has 2 heterocycles. The molecule has 3 aromatic rings. The first-order chi connectivity index (χ1) is 11.9. The van der Waals surface area contributed by atoms with E-state index in [1.54, 1.807) is 18.3 Å². The predicted molar refractivity (Wildman–Crippen MR) is 87.1 cm³/mol. The van der Waals surface area contributed by atoms with Crippen molar-refractivity contribution < 1.29 is 13.2 Å². The van der Waals surface area contributed by atoms with Crippen LogP contribution in [0.25, 0.3) is 0 Å². The van der Waals surface area contributed by atoms with E-state index in [-0.39, 0.29) is 23.8 Å². The summed E-state index contributed by atoms with van der Waals surface area (Å²) < 4.78 is 41.6. The molecule has 5 nitrogen and oxygen atoms in total. The van der Waals surface area contributed by atoms with Gasteiger partial charge >= 0.3 is 6.18 Å². The predicted octanol–water partition coefficient (Wildman–Crippen LogP) is 4.01. The molecule has 1 N–H and O–H groups in total. The van der Waals surface area contributed by atoms with Crippen LogP contribution < -0.4 is 5.32 Å². The standard InChI is InChI=1S/C16H13ClF3N5/c17-14-7-15(23-10-22-14)21-8-11-2-3-12(9-25-5-1-4-24-25)13(6-11)16(18,19)20/h1-7,10H,8-9H2,(H,21,22,23). The lowest BCUT2D eigenvalue weighted by Gasteiger charge is -2.15. The molecule has 0 aliphatic rings. The summed E-state index contributed by atoms with van der Waals surface area (Å²) in [5.74, 6) is 0.439. The fourth-order valence-electron chi connectivity index (χ4n) is 2.33. The SMILES string of the molecule is FC(F)(F)c1cc(CNc2cc(Cl)ncn2)ccc1Cn1cccn1. The van der Waals surface area contributed by atoms with Crippen molar-refractivity contribution in [2.24, 2.45) is 0 Å². The van der Waals surface area contributed by atoms with Crippen LogP contribution in [0.15, 0.2) is 49.1 Å². The first kappa shape index (κ1) is 17.2. The van der Waals surface area contributed by atoms with Crippen molar-refractivity contribution >= 4 is 17.4 Å². The van der Waals surface area contributed by atoms with Crippen LogP contribution in [0.5, 0.6) is 0 Å². The second-order valence-electron chi connectivity index (χ2n) is 5.27. The average Bonchev–Trinajstić information content (AvgIpc) is 3.06. The zero-order chi connectivity index (χ0) is 17.9. The maximum Gasteiger partial charge on any atom is 0.416 e. The Morgan fingerprint density at radius 3 is 2.68 bits per heavy atom. The Kier molecular flexibility index (Phi) is 4.89. The molecule has 0 aliphatic carbocycles. The van der Waals surface area contributed by atoms with E-state index in [2.05, 4.69) is 20.4 Å². The Morgan fingerprint density at radius 2 is 2.00 bits per heavy atom. The molecule has 0 bridgehead atoms. The quantitative estimate of drug-likeness (QED) is 0.692. The highest BCUT2D eigenvalue weighted by molar-refractivity contribution is 6.29. The van der Waals surface area contributed by atoms with Crippen molar-refractivity contribution in [1.29, 1.82) is 0 Å². The Balaban J connectivity index is 1.81. The third kappa shape index (κ3) is 4.48. The minimum atomic E-state index is -4.45. The summed E-state index contributed by atoms with van der Waals surface area (Å²) in [6, 6.07) is 7.41. The maximum absolute atomic E-state index is 13.4. The number of nitrogens with one attached hydrogen (secondary N) is 1. The largest absolute Gasteiger partial charge is 0.416 e. The second-order valence-corrected chi connectivity index (χ2v) is 5.66. The zero-order valence-electron chi connectivity index (χ0n) is 12.8. The van der Waals surface area contributed by atoms with Gasteiger partial charge in [-0.3, -0.25) is 4.68 Å². The van der Waals surface area contributed by atoms with Crippen LogP contribution in [0.1, 0.15) is 16.7 Å². The Labute approximate surface area is 146 Å². The summed E-state index contributed by atoms with van der Waals surface area (Å²) in [6.07, 6.45) is -0.0252. The van der Waals surface area contributed by atoms with Gasteiger partial charge in [-0.25, -0.2) is 9.97 Å². The van der Waals surface area contributed by atoms with E-state index >= 15 is 0 Å². The smallest absolute Gasteiger partial charge is 0.366 e. The van der Waals surface area contributed by atoms with Crippen LogP contribution >= 0.6 is 11.6 Å². The van der Waals surface area contributed by atoms with Crippen molar-refractivity contribution in [3.8, 4) is 0 Å². The second kappa shape index (κ2) is 7.10. The fourth-order valence-corrected chi connectivity index (χ4v) is 2.47. The van der Waals surface area contributed by atoms with Gasteiger partial charge in [0.1, 0.15) is 17.3 Å². The first-order valence-corrected chi connectivity index (χ1v) is 7.67. The summed E-state index contributed by atoms with van der Waals surface area (Å²) in [7, 11) is 0. The number of hydrogen-bond acceptors (Lipinski definition) is 4. The number of halogens is 4. The Morgan fingerprint density at radius 1 is 1.16 bits per heavy atom. The third-order valence-corrected chi connectivity index (χ3v) is 3.69. The van der Waals surface area contributed by atoms with Crippen molar-refractivity contribution in [3.05, 3.63) is 70.9 Å². The van der Waals surface area contributed by atoms with Gasteiger partial charge in [0, 0.05) is 25.0 Å². The zero-order valence-corrected chi connectivity index (χ0v) is 13.6. The summed E-state index contributed by atoms with van der Waals surface area (Å²) in [4.78, 5) is 7.70. The summed E-state index contributed by atoms with van der Waals surface area (Å²) >= 11 is 5.75. The van der Waals surface area contributed by atoms with E-state index in [1.165, 1.54) is 29.3 Å². The van der Waals surface area contributed by atoms with E-state index in [1.807, 2.05) is 0 Å². The molecular formula is C16H13ClF3N5. The maximum atomic E-state index is 13.4. The van der Waals surface area contributed by atoms with Crippen molar-refractivity contribution in [2.75, 3.05) is 5.32 Å².